The molecule has 2 aromatic rings. The van der Waals surface area contributed by atoms with Crippen molar-refractivity contribution in [1.82, 2.24) is 0 Å². The van der Waals surface area contributed by atoms with Crippen molar-refractivity contribution in [2.45, 2.75) is 26.2 Å². The summed E-state index contributed by atoms with van der Waals surface area (Å²) in [6, 6.07) is 13.0. The number of oxime groups is 1. The minimum Gasteiger partial charge on any atom is -0.399 e. The average Bonchev–Trinajstić information content (AvgIpc) is 2.48. The third-order valence-corrected chi connectivity index (χ3v) is 3.86. The van der Waals surface area contributed by atoms with Crippen molar-refractivity contribution in [3.05, 3.63) is 53.6 Å². The highest BCUT2D eigenvalue weighted by atomic mass is 16.6. The molecule has 0 bridgehead atoms. The first-order valence-electron chi connectivity index (χ1n) is 7.10. The summed E-state index contributed by atoms with van der Waals surface area (Å²) in [4.78, 5) is 5.01. The minimum absolute atomic E-state index is 0.992. The lowest BCUT2D eigenvalue weighted by Crippen LogP contribution is -2.08. The first kappa shape index (κ1) is 12.9. The van der Waals surface area contributed by atoms with E-state index in [0.29, 0.717) is 0 Å². The maximum atomic E-state index is 5.01. The predicted octanol–water partition coefficient (Wildman–Crippen LogP) is 4.72. The zero-order valence-corrected chi connectivity index (χ0v) is 12.0. The molecule has 0 N–H and O–H groups in total. The first-order valence-corrected chi connectivity index (χ1v) is 7.10. The van der Waals surface area contributed by atoms with Gasteiger partial charge in [0.2, 0.25) is 0 Å². The number of benzene rings is 2. The maximum Gasteiger partial charge on any atom is 0.106 e. The molecule has 0 aromatic heterocycles. The van der Waals surface area contributed by atoms with Gasteiger partial charge in [0, 0.05) is 5.57 Å². The van der Waals surface area contributed by atoms with Crippen LogP contribution in [0.15, 0.2) is 47.6 Å². The molecule has 1 aliphatic rings. The van der Waals surface area contributed by atoms with Crippen molar-refractivity contribution in [1.29, 1.82) is 0 Å². The van der Waals surface area contributed by atoms with Crippen LogP contribution in [0.4, 0.5) is 0 Å². The van der Waals surface area contributed by atoms with Crippen LogP contribution in [-0.2, 0) is 4.84 Å². The van der Waals surface area contributed by atoms with Gasteiger partial charge >= 0.3 is 0 Å². The normalized spacial score (nSPS) is 17.3. The lowest BCUT2D eigenvalue weighted by molar-refractivity contribution is 0.213. The summed E-state index contributed by atoms with van der Waals surface area (Å²) in [5.74, 6) is 0. The average molecular weight is 265 g/mol. The van der Waals surface area contributed by atoms with Gasteiger partial charge in [0.25, 0.3) is 0 Å². The van der Waals surface area contributed by atoms with E-state index in [-0.39, 0.29) is 0 Å². The van der Waals surface area contributed by atoms with E-state index in [4.69, 9.17) is 4.84 Å². The Balaban J connectivity index is 2.15. The number of rotatable bonds is 2. The Morgan fingerprint density at radius 3 is 2.60 bits per heavy atom. The van der Waals surface area contributed by atoms with Crippen LogP contribution in [0.3, 0.4) is 0 Å². The molecule has 0 spiro atoms. The van der Waals surface area contributed by atoms with Crippen molar-refractivity contribution < 1.29 is 4.84 Å². The fourth-order valence-electron chi connectivity index (χ4n) is 2.88. The third-order valence-electron chi connectivity index (χ3n) is 3.86. The van der Waals surface area contributed by atoms with E-state index in [0.717, 1.165) is 25.0 Å². The molecular formula is C18H19NO. The zero-order chi connectivity index (χ0) is 13.9. The Labute approximate surface area is 119 Å². The van der Waals surface area contributed by atoms with E-state index < -0.39 is 0 Å². The van der Waals surface area contributed by atoms with Gasteiger partial charge in [-0.05, 0) is 54.2 Å². The van der Waals surface area contributed by atoms with Gasteiger partial charge in [0.05, 0.1) is 5.71 Å². The molecule has 0 heterocycles. The molecule has 0 radical (unpaired) electrons. The molecule has 1 aliphatic carbocycles. The van der Waals surface area contributed by atoms with Gasteiger partial charge in [0.15, 0.2) is 0 Å². The Morgan fingerprint density at radius 1 is 1.10 bits per heavy atom. The van der Waals surface area contributed by atoms with Crippen LogP contribution in [0.1, 0.15) is 30.4 Å². The fraction of sp³-hybridized carbons (Fsp3) is 0.278. The quantitative estimate of drug-likeness (QED) is 0.720. The molecule has 2 aromatic carbocycles. The van der Waals surface area contributed by atoms with Crippen molar-refractivity contribution in [3.8, 4) is 0 Å². The first-order chi connectivity index (χ1) is 9.79. The van der Waals surface area contributed by atoms with E-state index in [1.165, 1.54) is 27.5 Å². The number of nitrogens with zero attached hydrogens (tertiary/aromatic N) is 1. The molecule has 2 nitrogen and oxygen atoms in total. The minimum atomic E-state index is 0.992. The number of hydrogen-bond acceptors (Lipinski definition) is 2. The smallest absolute Gasteiger partial charge is 0.106 e. The van der Waals surface area contributed by atoms with Crippen LogP contribution < -0.4 is 0 Å². The molecule has 3 rings (SSSR count). The van der Waals surface area contributed by atoms with Crippen molar-refractivity contribution in [2.75, 3.05) is 7.11 Å². The van der Waals surface area contributed by atoms with Gasteiger partial charge in [-0.3, -0.25) is 0 Å². The van der Waals surface area contributed by atoms with E-state index in [2.05, 4.69) is 54.6 Å². The standard InChI is InChI=1S/C18H19NO/c1-13-11-14-7-3-4-8-15(14)12-17(13)16-9-5-6-10-18(16)19-20-2/h3-4,7-9,11-12H,5-6,10H2,1-2H3. The highest BCUT2D eigenvalue weighted by molar-refractivity contribution is 6.25. The van der Waals surface area contributed by atoms with Gasteiger partial charge in [-0.2, -0.15) is 0 Å². The van der Waals surface area contributed by atoms with E-state index in [1.807, 2.05) is 0 Å². The number of aryl methyl sites for hydroxylation is 1. The summed E-state index contributed by atoms with van der Waals surface area (Å²) < 4.78 is 0. The van der Waals surface area contributed by atoms with Gasteiger partial charge in [-0.1, -0.05) is 41.6 Å². The second-order valence-corrected chi connectivity index (χ2v) is 5.24. The molecule has 0 amide bonds. The van der Waals surface area contributed by atoms with E-state index in [1.54, 1.807) is 7.11 Å². The summed E-state index contributed by atoms with van der Waals surface area (Å²) in [5, 5.41) is 6.77. The third kappa shape index (κ3) is 2.34. The molecular weight excluding hydrogens is 246 g/mol. The molecule has 20 heavy (non-hydrogen) atoms. The molecule has 0 saturated heterocycles. The topological polar surface area (TPSA) is 21.6 Å². The molecule has 0 fully saturated rings. The Kier molecular flexibility index (Phi) is 3.55. The molecule has 2 heteroatoms. The van der Waals surface area contributed by atoms with E-state index >= 15 is 0 Å². The summed E-state index contributed by atoms with van der Waals surface area (Å²) in [6.45, 7) is 2.17. The van der Waals surface area contributed by atoms with Crippen LogP contribution in [0, 0.1) is 6.92 Å². The Morgan fingerprint density at radius 2 is 1.85 bits per heavy atom. The fourth-order valence-corrected chi connectivity index (χ4v) is 2.88. The number of hydrogen-bond donors (Lipinski definition) is 0. The van der Waals surface area contributed by atoms with Gasteiger partial charge < -0.3 is 4.84 Å². The van der Waals surface area contributed by atoms with Gasteiger partial charge in [0.1, 0.15) is 7.11 Å². The van der Waals surface area contributed by atoms with Gasteiger partial charge in [-0.15, -0.1) is 0 Å². The van der Waals surface area contributed by atoms with Crippen molar-refractivity contribution in [3.63, 3.8) is 0 Å². The van der Waals surface area contributed by atoms with E-state index in [9.17, 15) is 0 Å². The van der Waals surface area contributed by atoms with Crippen LogP contribution in [0.5, 0.6) is 0 Å². The van der Waals surface area contributed by atoms with Crippen LogP contribution in [0.25, 0.3) is 16.3 Å². The SMILES string of the molecule is CON=C1CCCC=C1c1cc2ccccc2cc1C. The molecule has 0 unspecified atom stereocenters. The zero-order valence-electron chi connectivity index (χ0n) is 12.0. The summed E-state index contributed by atoms with van der Waals surface area (Å²) in [6.07, 6.45) is 5.55. The predicted molar refractivity (Wildman–Crippen MR) is 85.0 cm³/mol. The summed E-state index contributed by atoms with van der Waals surface area (Å²) in [5.41, 5.74) is 4.87. The van der Waals surface area contributed by atoms with Crippen molar-refractivity contribution in [2.24, 2.45) is 5.16 Å². The van der Waals surface area contributed by atoms with Crippen LogP contribution >= 0.6 is 0 Å². The lowest BCUT2D eigenvalue weighted by atomic mass is 9.88. The Hall–Kier alpha value is -2.09. The van der Waals surface area contributed by atoms with Crippen LogP contribution in [0.2, 0.25) is 0 Å². The monoisotopic (exact) mass is 265 g/mol. The second kappa shape index (κ2) is 5.49. The molecule has 0 atom stereocenters. The molecule has 102 valence electrons. The van der Waals surface area contributed by atoms with Crippen LogP contribution in [-0.4, -0.2) is 12.8 Å². The number of allylic oxidation sites excluding steroid dienone is 2. The molecule has 0 saturated carbocycles. The second-order valence-electron chi connectivity index (χ2n) is 5.24. The largest absolute Gasteiger partial charge is 0.399 e. The summed E-state index contributed by atoms with van der Waals surface area (Å²) >= 11 is 0. The van der Waals surface area contributed by atoms with Gasteiger partial charge in [-0.25, -0.2) is 0 Å². The maximum absolute atomic E-state index is 5.01. The van der Waals surface area contributed by atoms with Crippen molar-refractivity contribution >= 4 is 22.1 Å². The number of fused-ring (bicyclic) bond motifs is 1. The molecule has 0 aliphatic heterocycles. The highest BCUT2D eigenvalue weighted by Crippen LogP contribution is 2.30. The summed E-state index contributed by atoms with van der Waals surface area (Å²) in [7, 11) is 1.62. The lowest BCUT2D eigenvalue weighted by Gasteiger charge is -2.18. The Bertz CT molecular complexity index is 698. The highest BCUT2D eigenvalue weighted by Gasteiger charge is 2.16.